The fourth-order valence-electron chi connectivity index (χ4n) is 3.34. The summed E-state index contributed by atoms with van der Waals surface area (Å²) in [7, 11) is 0. The Morgan fingerprint density at radius 3 is 2.29 bits per heavy atom. The minimum Gasteiger partial charge on any atom is -0.297 e. The van der Waals surface area contributed by atoms with Gasteiger partial charge < -0.3 is 0 Å². The van der Waals surface area contributed by atoms with Gasteiger partial charge in [-0.25, -0.2) is 0 Å². The van der Waals surface area contributed by atoms with Crippen LogP contribution in [-0.2, 0) is 4.79 Å². The van der Waals surface area contributed by atoms with Gasteiger partial charge >= 0.3 is 0 Å². The van der Waals surface area contributed by atoms with E-state index < -0.39 is 0 Å². The van der Waals surface area contributed by atoms with Gasteiger partial charge in [-0.1, -0.05) is 33.6 Å². The first-order valence-corrected chi connectivity index (χ1v) is 7.22. The van der Waals surface area contributed by atoms with Crippen LogP contribution >= 0.6 is 0 Å². The maximum Gasteiger partial charge on any atom is 0.155 e. The van der Waals surface area contributed by atoms with E-state index in [9.17, 15) is 4.79 Å². The Balaban J connectivity index is 2.73. The largest absolute Gasteiger partial charge is 0.297 e. The molecule has 1 aliphatic carbocycles. The van der Waals surface area contributed by atoms with Crippen LogP contribution in [0.15, 0.2) is 0 Å². The average molecular weight is 239 g/mol. The van der Waals surface area contributed by atoms with E-state index in [0.717, 1.165) is 31.8 Å². The van der Waals surface area contributed by atoms with E-state index in [0.29, 0.717) is 11.7 Å². The molecule has 0 amide bonds. The van der Waals surface area contributed by atoms with Crippen LogP contribution in [0.5, 0.6) is 0 Å². The summed E-state index contributed by atoms with van der Waals surface area (Å²) in [5, 5.41) is 0. The number of hydrogen-bond donors (Lipinski definition) is 0. The van der Waals surface area contributed by atoms with Crippen LogP contribution in [0.25, 0.3) is 0 Å². The highest BCUT2D eigenvalue weighted by Gasteiger charge is 2.38. The van der Waals surface area contributed by atoms with E-state index in [1.165, 1.54) is 12.8 Å². The quantitative estimate of drug-likeness (QED) is 0.732. The van der Waals surface area contributed by atoms with Crippen molar-refractivity contribution < 1.29 is 4.79 Å². The minimum atomic E-state index is -0.286. The highest BCUT2D eigenvalue weighted by atomic mass is 16.1. The van der Waals surface area contributed by atoms with Gasteiger partial charge in [0.05, 0.1) is 5.54 Å². The monoisotopic (exact) mass is 239 g/mol. The Kier molecular flexibility index (Phi) is 5.18. The van der Waals surface area contributed by atoms with Crippen LogP contribution < -0.4 is 0 Å². The van der Waals surface area contributed by atoms with Crippen LogP contribution in [0.3, 0.4) is 0 Å². The number of nitrogens with zero attached hydrogens (tertiary/aromatic N) is 1. The summed E-state index contributed by atoms with van der Waals surface area (Å²) in [4.78, 5) is 15.0. The van der Waals surface area contributed by atoms with Gasteiger partial charge in [-0.3, -0.25) is 9.69 Å². The molecule has 17 heavy (non-hydrogen) atoms. The lowest BCUT2D eigenvalue weighted by Crippen LogP contribution is -2.52. The normalized spacial score (nSPS) is 26.2. The van der Waals surface area contributed by atoms with Crippen molar-refractivity contribution in [1.82, 2.24) is 4.90 Å². The predicted octanol–water partition coefficient (Wildman–Crippen LogP) is 3.50. The van der Waals surface area contributed by atoms with Crippen molar-refractivity contribution in [1.29, 1.82) is 0 Å². The third kappa shape index (κ3) is 3.31. The number of rotatable bonds is 5. The third-order valence-electron chi connectivity index (χ3n) is 4.46. The zero-order valence-corrected chi connectivity index (χ0v) is 12.3. The molecule has 2 atom stereocenters. The molecule has 1 saturated carbocycles. The van der Waals surface area contributed by atoms with Gasteiger partial charge in [0, 0.05) is 5.92 Å². The molecule has 1 rings (SSSR count). The van der Waals surface area contributed by atoms with Gasteiger partial charge in [-0.05, 0) is 45.7 Å². The maximum absolute atomic E-state index is 12.7. The topological polar surface area (TPSA) is 20.3 Å². The van der Waals surface area contributed by atoms with Crippen LogP contribution in [0.1, 0.15) is 60.3 Å². The predicted molar refractivity (Wildman–Crippen MR) is 73.1 cm³/mol. The highest BCUT2D eigenvalue weighted by Crippen LogP contribution is 2.33. The molecule has 0 aromatic heterocycles. The number of ketones is 1. The molecular weight excluding hydrogens is 210 g/mol. The summed E-state index contributed by atoms with van der Waals surface area (Å²) < 4.78 is 0. The van der Waals surface area contributed by atoms with Crippen LogP contribution in [0, 0.1) is 11.8 Å². The first kappa shape index (κ1) is 14.7. The lowest BCUT2D eigenvalue weighted by atomic mass is 9.75. The van der Waals surface area contributed by atoms with E-state index in [-0.39, 0.29) is 5.54 Å². The summed E-state index contributed by atoms with van der Waals surface area (Å²) in [5.41, 5.74) is -0.286. The van der Waals surface area contributed by atoms with E-state index in [4.69, 9.17) is 0 Å². The van der Waals surface area contributed by atoms with Crippen LogP contribution in [0.2, 0.25) is 0 Å². The highest BCUT2D eigenvalue weighted by molar-refractivity contribution is 5.89. The number of carbonyl (C=O) groups is 1. The Labute approximate surface area is 107 Å². The lowest BCUT2D eigenvalue weighted by molar-refractivity contribution is -0.134. The van der Waals surface area contributed by atoms with Crippen molar-refractivity contribution in [3.05, 3.63) is 0 Å². The Bertz CT molecular complexity index is 256. The van der Waals surface area contributed by atoms with Gasteiger partial charge in [0.1, 0.15) is 0 Å². The summed E-state index contributed by atoms with van der Waals surface area (Å²) >= 11 is 0. The van der Waals surface area contributed by atoms with Gasteiger partial charge in [-0.15, -0.1) is 0 Å². The molecule has 0 saturated heterocycles. The van der Waals surface area contributed by atoms with Crippen molar-refractivity contribution in [3.63, 3.8) is 0 Å². The van der Waals surface area contributed by atoms with Crippen molar-refractivity contribution >= 4 is 5.78 Å². The second-order valence-corrected chi connectivity index (χ2v) is 6.06. The standard InChI is InChI=1S/C15H29NO/c1-6-16(7-2)15(4,5)14(17)13-10-8-9-12(3)11-13/h12-13H,6-11H2,1-5H3. The molecule has 0 aliphatic heterocycles. The SMILES string of the molecule is CCN(CC)C(C)(C)C(=O)C1CCCC(C)C1. The molecule has 1 aliphatic rings. The fourth-order valence-corrected chi connectivity index (χ4v) is 3.34. The molecule has 2 heteroatoms. The number of Topliss-reactive ketones (excluding diaryl/α,β-unsaturated/α-hetero) is 1. The Morgan fingerprint density at radius 1 is 1.24 bits per heavy atom. The summed E-state index contributed by atoms with van der Waals surface area (Å²) in [5.74, 6) is 1.49. The second kappa shape index (κ2) is 5.99. The van der Waals surface area contributed by atoms with E-state index in [1.807, 2.05) is 0 Å². The molecule has 0 N–H and O–H groups in total. The third-order valence-corrected chi connectivity index (χ3v) is 4.46. The van der Waals surface area contributed by atoms with Crippen molar-refractivity contribution in [2.45, 2.75) is 65.8 Å². The number of likely N-dealkylation sites (N-methyl/N-ethyl adjacent to an activating group) is 1. The van der Waals surface area contributed by atoms with E-state index in [1.54, 1.807) is 0 Å². The summed E-state index contributed by atoms with van der Waals surface area (Å²) in [6, 6.07) is 0. The van der Waals surface area contributed by atoms with Crippen molar-refractivity contribution in [2.75, 3.05) is 13.1 Å². The summed E-state index contributed by atoms with van der Waals surface area (Å²) in [6.07, 6.45) is 4.73. The molecule has 0 heterocycles. The Morgan fingerprint density at radius 2 is 1.82 bits per heavy atom. The average Bonchev–Trinajstić information content (AvgIpc) is 2.29. The first-order chi connectivity index (χ1) is 7.93. The molecule has 2 unspecified atom stereocenters. The summed E-state index contributed by atoms with van der Waals surface area (Å²) in [6.45, 7) is 12.7. The van der Waals surface area contributed by atoms with Crippen LogP contribution in [0.4, 0.5) is 0 Å². The van der Waals surface area contributed by atoms with Gasteiger partial charge in [0.2, 0.25) is 0 Å². The molecule has 0 aromatic carbocycles. The molecule has 1 fully saturated rings. The van der Waals surface area contributed by atoms with E-state index >= 15 is 0 Å². The molecule has 0 radical (unpaired) electrons. The molecule has 0 spiro atoms. The molecule has 2 nitrogen and oxygen atoms in total. The number of carbonyl (C=O) groups excluding carboxylic acids is 1. The van der Waals surface area contributed by atoms with E-state index in [2.05, 4.69) is 39.5 Å². The first-order valence-electron chi connectivity index (χ1n) is 7.22. The fraction of sp³-hybridized carbons (Fsp3) is 0.933. The van der Waals surface area contributed by atoms with Gasteiger partial charge in [0.25, 0.3) is 0 Å². The molecule has 0 aromatic rings. The Hall–Kier alpha value is -0.370. The van der Waals surface area contributed by atoms with Crippen molar-refractivity contribution in [2.24, 2.45) is 11.8 Å². The zero-order valence-electron chi connectivity index (χ0n) is 12.3. The zero-order chi connectivity index (χ0) is 13.1. The lowest BCUT2D eigenvalue weighted by Gasteiger charge is -2.39. The minimum absolute atomic E-state index is 0.286. The smallest absolute Gasteiger partial charge is 0.155 e. The van der Waals surface area contributed by atoms with Crippen molar-refractivity contribution in [3.8, 4) is 0 Å². The van der Waals surface area contributed by atoms with Gasteiger partial charge in [-0.2, -0.15) is 0 Å². The molecule has 0 bridgehead atoms. The second-order valence-electron chi connectivity index (χ2n) is 6.06. The molecular formula is C15H29NO. The maximum atomic E-state index is 12.7. The molecule has 100 valence electrons. The van der Waals surface area contributed by atoms with Gasteiger partial charge in [0.15, 0.2) is 5.78 Å². The number of hydrogen-bond acceptors (Lipinski definition) is 2. The van der Waals surface area contributed by atoms with Crippen LogP contribution in [-0.4, -0.2) is 29.3 Å².